The molecule has 1 saturated carbocycles. The van der Waals surface area contributed by atoms with Gasteiger partial charge in [-0.15, -0.1) is 0 Å². The summed E-state index contributed by atoms with van der Waals surface area (Å²) in [7, 11) is 5.66. The standard InChI is InChI=1S/C13H26O2Si2/c1-5-9-16-11-7-8-12(17-10-6-2)13(11,14-3)15-4/h11-12H,5-10H2,1-4H3. The van der Waals surface area contributed by atoms with Crippen molar-refractivity contribution >= 4 is 19.0 Å². The van der Waals surface area contributed by atoms with Gasteiger partial charge in [0.05, 0.1) is 0 Å². The van der Waals surface area contributed by atoms with Crippen LogP contribution in [0.3, 0.4) is 0 Å². The van der Waals surface area contributed by atoms with Gasteiger partial charge in [-0.2, -0.15) is 0 Å². The predicted octanol–water partition coefficient (Wildman–Crippen LogP) is 3.41. The van der Waals surface area contributed by atoms with Crippen LogP contribution in [0, 0.1) is 0 Å². The molecule has 0 aromatic heterocycles. The lowest BCUT2D eigenvalue weighted by Crippen LogP contribution is -2.42. The third-order valence-electron chi connectivity index (χ3n) is 3.63. The molecule has 2 atom stereocenters. The molecule has 4 radical (unpaired) electrons. The van der Waals surface area contributed by atoms with E-state index in [-0.39, 0.29) is 5.79 Å². The van der Waals surface area contributed by atoms with Gasteiger partial charge in [-0.1, -0.05) is 38.8 Å². The highest BCUT2D eigenvalue weighted by molar-refractivity contribution is 6.41. The van der Waals surface area contributed by atoms with Gasteiger partial charge in [-0.3, -0.25) is 0 Å². The van der Waals surface area contributed by atoms with Gasteiger partial charge in [0, 0.05) is 44.3 Å². The van der Waals surface area contributed by atoms with E-state index in [0.29, 0.717) is 11.1 Å². The van der Waals surface area contributed by atoms with Gasteiger partial charge in [-0.25, -0.2) is 0 Å². The monoisotopic (exact) mass is 270 g/mol. The van der Waals surface area contributed by atoms with Crippen molar-refractivity contribution in [2.75, 3.05) is 14.2 Å². The molecule has 2 nitrogen and oxygen atoms in total. The Hall–Kier alpha value is 0.354. The van der Waals surface area contributed by atoms with Gasteiger partial charge in [0.2, 0.25) is 0 Å². The molecule has 0 aliphatic heterocycles. The molecule has 17 heavy (non-hydrogen) atoms. The van der Waals surface area contributed by atoms with Gasteiger partial charge in [-0.05, 0) is 12.8 Å². The quantitative estimate of drug-likeness (QED) is 0.497. The van der Waals surface area contributed by atoms with E-state index in [2.05, 4.69) is 13.8 Å². The Bertz CT molecular complexity index is 190. The van der Waals surface area contributed by atoms with Crippen LogP contribution >= 0.6 is 0 Å². The average molecular weight is 271 g/mol. The Labute approximate surface area is 111 Å². The van der Waals surface area contributed by atoms with E-state index < -0.39 is 0 Å². The van der Waals surface area contributed by atoms with Gasteiger partial charge < -0.3 is 9.47 Å². The van der Waals surface area contributed by atoms with Crippen molar-refractivity contribution in [3.8, 4) is 0 Å². The van der Waals surface area contributed by atoms with Crippen LogP contribution in [0.1, 0.15) is 39.5 Å². The Kier molecular flexibility index (Phi) is 6.99. The molecule has 0 amide bonds. The lowest BCUT2D eigenvalue weighted by Gasteiger charge is -2.37. The average Bonchev–Trinajstić information content (AvgIpc) is 2.71. The van der Waals surface area contributed by atoms with Crippen LogP contribution < -0.4 is 0 Å². The summed E-state index contributed by atoms with van der Waals surface area (Å²) in [6.07, 6.45) is 5.14. The molecule has 2 unspecified atom stereocenters. The molecule has 0 bridgehead atoms. The van der Waals surface area contributed by atoms with E-state index in [0.717, 1.165) is 19.0 Å². The Morgan fingerprint density at radius 1 is 0.941 bits per heavy atom. The summed E-state index contributed by atoms with van der Waals surface area (Å²) in [5, 5.41) is 0. The van der Waals surface area contributed by atoms with Crippen LogP contribution in [-0.4, -0.2) is 39.0 Å². The first kappa shape index (κ1) is 15.4. The third kappa shape index (κ3) is 3.43. The zero-order valence-corrected chi connectivity index (χ0v) is 13.7. The van der Waals surface area contributed by atoms with Crippen LogP contribution in [0.15, 0.2) is 0 Å². The molecule has 1 rings (SSSR count). The number of hydrogen-bond donors (Lipinski definition) is 0. The maximum absolute atomic E-state index is 5.86. The molecule has 1 fully saturated rings. The van der Waals surface area contributed by atoms with E-state index in [1.54, 1.807) is 0 Å². The zero-order chi connectivity index (χ0) is 12.7. The molecule has 0 heterocycles. The third-order valence-corrected chi connectivity index (χ3v) is 7.58. The highest BCUT2D eigenvalue weighted by Gasteiger charge is 2.50. The van der Waals surface area contributed by atoms with E-state index in [9.17, 15) is 0 Å². The van der Waals surface area contributed by atoms with Crippen LogP contribution in [0.25, 0.3) is 0 Å². The minimum absolute atomic E-state index is 0.263. The molecule has 1 aliphatic rings. The summed E-state index contributed by atoms with van der Waals surface area (Å²) < 4.78 is 11.7. The lowest BCUT2D eigenvalue weighted by atomic mass is 10.2. The van der Waals surface area contributed by atoms with Crippen LogP contribution in [0.5, 0.6) is 0 Å². The number of rotatable bonds is 8. The first-order valence-corrected chi connectivity index (χ1v) is 9.39. The Morgan fingerprint density at radius 3 is 1.65 bits per heavy atom. The topological polar surface area (TPSA) is 18.5 Å². The minimum atomic E-state index is -0.263. The summed E-state index contributed by atoms with van der Waals surface area (Å²) in [5.41, 5.74) is 1.26. The van der Waals surface area contributed by atoms with Crippen molar-refractivity contribution in [2.45, 2.75) is 68.5 Å². The largest absolute Gasteiger partial charge is 0.353 e. The van der Waals surface area contributed by atoms with Crippen molar-refractivity contribution in [1.82, 2.24) is 0 Å². The van der Waals surface area contributed by atoms with Crippen molar-refractivity contribution in [3.05, 3.63) is 0 Å². The second kappa shape index (κ2) is 7.72. The van der Waals surface area contributed by atoms with E-state index >= 15 is 0 Å². The number of methoxy groups -OCH3 is 2. The summed E-state index contributed by atoms with van der Waals surface area (Å²) in [6.45, 7) is 4.53. The Morgan fingerprint density at radius 2 is 1.35 bits per heavy atom. The molecule has 98 valence electrons. The molecule has 0 aromatic rings. The Balaban J connectivity index is 2.66. The molecule has 0 saturated heterocycles. The summed E-state index contributed by atoms with van der Waals surface area (Å²) in [5.74, 6) is -0.263. The minimum Gasteiger partial charge on any atom is -0.353 e. The van der Waals surface area contributed by atoms with Gasteiger partial charge in [0.25, 0.3) is 0 Å². The fourth-order valence-electron chi connectivity index (χ4n) is 2.76. The van der Waals surface area contributed by atoms with Crippen molar-refractivity contribution in [2.24, 2.45) is 0 Å². The fourth-order valence-corrected chi connectivity index (χ4v) is 6.38. The SMILES string of the molecule is CCC[Si]C1CCC([Si]CCC)C1(OC)OC. The fraction of sp³-hybridized carbons (Fsp3) is 1.00. The van der Waals surface area contributed by atoms with Crippen molar-refractivity contribution in [1.29, 1.82) is 0 Å². The maximum Gasteiger partial charge on any atom is 0.167 e. The van der Waals surface area contributed by atoms with Gasteiger partial charge in [0.15, 0.2) is 5.79 Å². The smallest absolute Gasteiger partial charge is 0.167 e. The highest BCUT2D eigenvalue weighted by atomic mass is 28.2. The molecule has 0 aromatic carbocycles. The zero-order valence-electron chi connectivity index (χ0n) is 11.7. The molecule has 1 aliphatic carbocycles. The van der Waals surface area contributed by atoms with Crippen LogP contribution in [0.4, 0.5) is 0 Å². The van der Waals surface area contributed by atoms with E-state index in [1.165, 1.54) is 37.8 Å². The van der Waals surface area contributed by atoms with Gasteiger partial charge in [0.1, 0.15) is 0 Å². The second-order valence-corrected chi connectivity index (χ2v) is 7.93. The van der Waals surface area contributed by atoms with Crippen LogP contribution in [0.2, 0.25) is 23.2 Å². The second-order valence-electron chi connectivity index (χ2n) is 4.72. The summed E-state index contributed by atoms with van der Waals surface area (Å²) >= 11 is 0. The molecule has 0 spiro atoms. The summed E-state index contributed by atoms with van der Waals surface area (Å²) in [6, 6.07) is 2.64. The molecular formula is C13H26O2Si2. The maximum atomic E-state index is 5.86. The normalized spacial score (nSPS) is 27.5. The number of hydrogen-bond acceptors (Lipinski definition) is 2. The van der Waals surface area contributed by atoms with Crippen molar-refractivity contribution < 1.29 is 9.47 Å². The van der Waals surface area contributed by atoms with Crippen LogP contribution in [-0.2, 0) is 9.47 Å². The molecule has 4 heteroatoms. The highest BCUT2D eigenvalue weighted by Crippen LogP contribution is 2.51. The lowest BCUT2D eigenvalue weighted by molar-refractivity contribution is -0.199. The van der Waals surface area contributed by atoms with E-state index in [4.69, 9.17) is 9.47 Å². The predicted molar refractivity (Wildman–Crippen MR) is 75.2 cm³/mol. The number of ether oxygens (including phenoxy) is 2. The van der Waals surface area contributed by atoms with E-state index in [1.807, 2.05) is 14.2 Å². The first-order chi connectivity index (χ1) is 8.25. The molecular weight excluding hydrogens is 244 g/mol. The first-order valence-electron chi connectivity index (χ1n) is 6.82. The van der Waals surface area contributed by atoms with Crippen molar-refractivity contribution in [3.63, 3.8) is 0 Å². The molecule has 0 N–H and O–H groups in total. The summed E-state index contributed by atoms with van der Waals surface area (Å²) in [4.78, 5) is 0. The van der Waals surface area contributed by atoms with Gasteiger partial charge >= 0.3 is 0 Å².